The summed E-state index contributed by atoms with van der Waals surface area (Å²) in [6, 6.07) is 13.0. The third-order valence-corrected chi connectivity index (χ3v) is 7.51. The van der Waals surface area contributed by atoms with E-state index in [1.807, 2.05) is 34.7 Å². The number of carbonyl (C=O) groups is 1. The van der Waals surface area contributed by atoms with Gasteiger partial charge in [0.1, 0.15) is 5.82 Å². The fraction of sp³-hybridized carbons (Fsp3) is 0.364. The zero-order chi connectivity index (χ0) is 21.5. The van der Waals surface area contributed by atoms with E-state index in [1.54, 1.807) is 18.2 Å². The number of hydrogen-bond acceptors (Lipinski definition) is 4. The summed E-state index contributed by atoms with van der Waals surface area (Å²) in [5, 5.41) is 0. The molecule has 2 heterocycles. The Kier molecular flexibility index (Phi) is 5.38. The van der Waals surface area contributed by atoms with E-state index in [0.717, 1.165) is 36.4 Å². The van der Waals surface area contributed by atoms with Crippen molar-refractivity contribution in [2.24, 2.45) is 7.05 Å². The number of hydrogen-bond donors (Lipinski definition) is 0. The number of imidazole rings is 1. The van der Waals surface area contributed by atoms with Gasteiger partial charge in [0.05, 0.1) is 15.9 Å². The Morgan fingerprint density at radius 3 is 2.70 bits per heavy atom. The van der Waals surface area contributed by atoms with Crippen molar-refractivity contribution in [2.45, 2.75) is 30.6 Å². The molecule has 0 atom stereocenters. The molecule has 0 aliphatic carbocycles. The van der Waals surface area contributed by atoms with Crippen LogP contribution in [0.3, 0.4) is 0 Å². The van der Waals surface area contributed by atoms with Crippen molar-refractivity contribution in [1.82, 2.24) is 13.9 Å². The zero-order valence-electron chi connectivity index (χ0n) is 17.5. The molecule has 3 aromatic rings. The number of aromatic nitrogens is 2. The normalized spacial score (nSPS) is 14.3. The van der Waals surface area contributed by atoms with Crippen LogP contribution in [0.1, 0.15) is 24.2 Å². The number of fused-ring (bicyclic) bond motifs is 2. The van der Waals surface area contributed by atoms with E-state index in [0.29, 0.717) is 18.4 Å². The summed E-state index contributed by atoms with van der Waals surface area (Å²) >= 11 is 0. The van der Waals surface area contributed by atoms with Crippen molar-refractivity contribution in [2.75, 3.05) is 25.5 Å². The SMILES string of the molecule is CN(C)S(=O)(=O)c1ccc2c(c1)nc(CCC(=O)N1CCCc3ccccc31)n2C. The van der Waals surface area contributed by atoms with E-state index in [1.165, 1.54) is 24.0 Å². The maximum absolute atomic E-state index is 12.9. The average molecular weight is 427 g/mol. The van der Waals surface area contributed by atoms with Crippen LogP contribution in [0.15, 0.2) is 47.4 Å². The summed E-state index contributed by atoms with van der Waals surface area (Å²) in [5.41, 5.74) is 3.69. The second-order valence-electron chi connectivity index (χ2n) is 7.80. The highest BCUT2D eigenvalue weighted by molar-refractivity contribution is 7.89. The lowest BCUT2D eigenvalue weighted by Crippen LogP contribution is -2.35. The number of nitrogens with zero attached hydrogens (tertiary/aromatic N) is 4. The Balaban J connectivity index is 1.55. The van der Waals surface area contributed by atoms with Gasteiger partial charge in [0.25, 0.3) is 0 Å². The standard InChI is InChI=1S/C22H26N4O3S/c1-24(2)30(28,29)17-10-11-20-18(15-17)23-21(25(20)3)12-13-22(27)26-14-6-8-16-7-4-5-9-19(16)26/h4-5,7,9-11,15H,6,8,12-14H2,1-3H3. The summed E-state index contributed by atoms with van der Waals surface area (Å²) in [6.07, 6.45) is 2.83. The molecule has 0 bridgehead atoms. The Labute approximate surface area is 177 Å². The first-order chi connectivity index (χ1) is 14.3. The largest absolute Gasteiger partial charge is 0.331 e. The highest BCUT2D eigenvalue weighted by Gasteiger charge is 2.23. The Bertz CT molecular complexity index is 1210. The smallest absolute Gasteiger partial charge is 0.242 e. The van der Waals surface area contributed by atoms with E-state index in [4.69, 9.17) is 0 Å². The number of para-hydroxylation sites is 1. The van der Waals surface area contributed by atoms with Crippen LogP contribution in [0.5, 0.6) is 0 Å². The van der Waals surface area contributed by atoms with Crippen molar-refractivity contribution < 1.29 is 13.2 Å². The third-order valence-electron chi connectivity index (χ3n) is 5.70. The number of rotatable bonds is 5. The van der Waals surface area contributed by atoms with Gasteiger partial charge in [0.2, 0.25) is 15.9 Å². The average Bonchev–Trinajstić information content (AvgIpc) is 3.06. The second kappa shape index (κ2) is 7.85. The van der Waals surface area contributed by atoms with Crippen molar-refractivity contribution in [3.8, 4) is 0 Å². The van der Waals surface area contributed by atoms with E-state index in [2.05, 4.69) is 11.1 Å². The van der Waals surface area contributed by atoms with E-state index < -0.39 is 10.0 Å². The maximum atomic E-state index is 12.9. The summed E-state index contributed by atoms with van der Waals surface area (Å²) in [5.74, 6) is 0.855. The maximum Gasteiger partial charge on any atom is 0.242 e. The summed E-state index contributed by atoms with van der Waals surface area (Å²) in [7, 11) is 1.39. The molecule has 1 aliphatic rings. The molecule has 158 valence electrons. The fourth-order valence-electron chi connectivity index (χ4n) is 3.97. The van der Waals surface area contributed by atoms with Gasteiger partial charge in [-0.25, -0.2) is 17.7 Å². The molecule has 1 aliphatic heterocycles. The van der Waals surface area contributed by atoms with Crippen LogP contribution in [0, 0.1) is 0 Å². The molecule has 0 saturated heterocycles. The van der Waals surface area contributed by atoms with Gasteiger partial charge in [0, 0.05) is 46.2 Å². The number of aryl methyl sites for hydroxylation is 3. The minimum Gasteiger partial charge on any atom is -0.331 e. The molecule has 1 amide bonds. The summed E-state index contributed by atoms with van der Waals surface area (Å²) in [4.78, 5) is 19.6. The molecule has 1 aromatic heterocycles. The lowest BCUT2D eigenvalue weighted by Gasteiger charge is -2.29. The molecule has 7 nitrogen and oxygen atoms in total. The lowest BCUT2D eigenvalue weighted by molar-refractivity contribution is -0.118. The molecule has 2 aromatic carbocycles. The van der Waals surface area contributed by atoms with E-state index >= 15 is 0 Å². The Hall–Kier alpha value is -2.71. The molecule has 0 saturated carbocycles. The van der Waals surface area contributed by atoms with Gasteiger partial charge in [-0.3, -0.25) is 4.79 Å². The van der Waals surface area contributed by atoms with Crippen LogP contribution in [-0.4, -0.2) is 48.8 Å². The summed E-state index contributed by atoms with van der Waals surface area (Å²) in [6.45, 7) is 0.740. The van der Waals surface area contributed by atoms with Crippen LogP contribution in [-0.2, 0) is 34.7 Å². The predicted octanol–water partition coefficient (Wildman–Crippen LogP) is 2.74. The number of carbonyl (C=O) groups excluding carboxylic acids is 1. The van der Waals surface area contributed by atoms with Crippen LogP contribution >= 0.6 is 0 Å². The predicted molar refractivity (Wildman–Crippen MR) is 117 cm³/mol. The quantitative estimate of drug-likeness (QED) is 0.629. The van der Waals surface area contributed by atoms with Crippen molar-refractivity contribution in [1.29, 1.82) is 0 Å². The molecule has 0 N–H and O–H groups in total. The van der Waals surface area contributed by atoms with Gasteiger partial charge in [-0.2, -0.15) is 0 Å². The molecular formula is C22H26N4O3S. The van der Waals surface area contributed by atoms with Crippen LogP contribution in [0.2, 0.25) is 0 Å². The fourth-order valence-corrected chi connectivity index (χ4v) is 4.89. The van der Waals surface area contributed by atoms with Crippen LogP contribution in [0.25, 0.3) is 11.0 Å². The van der Waals surface area contributed by atoms with Crippen molar-refractivity contribution >= 4 is 32.7 Å². The Morgan fingerprint density at radius 2 is 1.93 bits per heavy atom. The molecule has 0 radical (unpaired) electrons. The van der Waals surface area contributed by atoms with Gasteiger partial charge < -0.3 is 9.47 Å². The molecule has 0 spiro atoms. The first-order valence-electron chi connectivity index (χ1n) is 10.0. The second-order valence-corrected chi connectivity index (χ2v) is 9.95. The minimum absolute atomic E-state index is 0.0880. The minimum atomic E-state index is -3.52. The molecule has 0 unspecified atom stereocenters. The number of amides is 1. The summed E-state index contributed by atoms with van der Waals surface area (Å²) < 4.78 is 27.9. The van der Waals surface area contributed by atoms with Crippen LogP contribution in [0.4, 0.5) is 5.69 Å². The lowest BCUT2D eigenvalue weighted by atomic mass is 10.0. The van der Waals surface area contributed by atoms with Gasteiger partial charge >= 0.3 is 0 Å². The van der Waals surface area contributed by atoms with E-state index in [9.17, 15) is 13.2 Å². The van der Waals surface area contributed by atoms with Gasteiger partial charge in [0.15, 0.2) is 0 Å². The van der Waals surface area contributed by atoms with Gasteiger partial charge in [-0.1, -0.05) is 18.2 Å². The highest BCUT2D eigenvalue weighted by Crippen LogP contribution is 2.28. The van der Waals surface area contributed by atoms with E-state index in [-0.39, 0.29) is 10.8 Å². The number of anilines is 1. The monoisotopic (exact) mass is 426 g/mol. The molecule has 0 fully saturated rings. The van der Waals surface area contributed by atoms with Crippen LogP contribution < -0.4 is 4.90 Å². The molecule has 8 heteroatoms. The van der Waals surface area contributed by atoms with Gasteiger partial charge in [-0.15, -0.1) is 0 Å². The third kappa shape index (κ3) is 3.61. The molecule has 30 heavy (non-hydrogen) atoms. The topological polar surface area (TPSA) is 75.5 Å². The highest BCUT2D eigenvalue weighted by atomic mass is 32.2. The zero-order valence-corrected chi connectivity index (χ0v) is 18.3. The number of benzene rings is 2. The number of sulfonamides is 1. The molecular weight excluding hydrogens is 400 g/mol. The first-order valence-corrected chi connectivity index (χ1v) is 11.5. The van der Waals surface area contributed by atoms with Gasteiger partial charge in [-0.05, 0) is 42.7 Å². The Morgan fingerprint density at radius 1 is 1.17 bits per heavy atom. The van der Waals surface area contributed by atoms with Crippen molar-refractivity contribution in [3.63, 3.8) is 0 Å². The first kappa shape index (κ1) is 20.6. The van der Waals surface area contributed by atoms with Crippen molar-refractivity contribution in [3.05, 3.63) is 53.9 Å². The molecule has 4 rings (SSSR count).